The number of nitrogens with zero attached hydrogens (tertiary/aromatic N) is 2. The van der Waals surface area contributed by atoms with Gasteiger partial charge in [-0.1, -0.05) is 29.7 Å². The number of amides is 2. The Balaban J connectivity index is 1.52. The molecule has 1 aliphatic carbocycles. The highest BCUT2D eigenvalue weighted by molar-refractivity contribution is 7.16. The smallest absolute Gasteiger partial charge is 0.270 e. The lowest BCUT2D eigenvalue weighted by Gasteiger charge is -2.17. The van der Waals surface area contributed by atoms with E-state index in [1.165, 1.54) is 11.3 Å². The van der Waals surface area contributed by atoms with E-state index in [-0.39, 0.29) is 6.61 Å². The maximum Gasteiger partial charge on any atom is 0.270 e. The topological polar surface area (TPSA) is 104 Å². The normalized spacial score (nSPS) is 15.3. The summed E-state index contributed by atoms with van der Waals surface area (Å²) in [7, 11) is 0. The van der Waals surface area contributed by atoms with Crippen molar-refractivity contribution in [3.05, 3.63) is 44.3 Å². The summed E-state index contributed by atoms with van der Waals surface area (Å²) in [4.78, 5) is 30.3. The van der Waals surface area contributed by atoms with E-state index in [9.17, 15) is 14.9 Å². The number of hydrogen-bond acceptors (Lipinski definition) is 6. The SMILES string of the molecule is Cc1cc(C)c(NC(=O)C=NOCC(=O)Nc2sc3c(c2C#N)CCC(C)C3)c(Cl)c1. The van der Waals surface area contributed by atoms with Gasteiger partial charge in [0, 0.05) is 4.88 Å². The van der Waals surface area contributed by atoms with Crippen molar-refractivity contribution in [2.24, 2.45) is 11.1 Å². The zero-order valence-electron chi connectivity index (χ0n) is 17.5. The van der Waals surface area contributed by atoms with Crippen molar-refractivity contribution in [3.63, 3.8) is 0 Å². The van der Waals surface area contributed by atoms with Crippen LogP contribution in [0, 0.1) is 31.1 Å². The van der Waals surface area contributed by atoms with Crippen molar-refractivity contribution in [3.8, 4) is 6.07 Å². The molecule has 0 radical (unpaired) electrons. The Morgan fingerprint density at radius 2 is 2.16 bits per heavy atom. The van der Waals surface area contributed by atoms with E-state index in [1.807, 2.05) is 19.9 Å². The Kier molecular flexibility index (Phi) is 7.31. The predicted octanol–water partition coefficient (Wildman–Crippen LogP) is 4.59. The fourth-order valence-corrected chi connectivity index (χ4v) is 5.28. The lowest BCUT2D eigenvalue weighted by molar-refractivity contribution is -0.120. The first-order chi connectivity index (χ1) is 14.8. The molecule has 1 heterocycles. The molecule has 2 aromatic rings. The summed E-state index contributed by atoms with van der Waals surface area (Å²) < 4.78 is 0. The molecule has 31 heavy (non-hydrogen) atoms. The summed E-state index contributed by atoms with van der Waals surface area (Å²) in [5, 5.41) is 19.4. The Bertz CT molecular complexity index is 1060. The minimum absolute atomic E-state index is 0.377. The van der Waals surface area contributed by atoms with Gasteiger partial charge in [-0.15, -0.1) is 11.3 Å². The van der Waals surface area contributed by atoms with E-state index in [0.29, 0.717) is 27.2 Å². The fraction of sp³-hybridized carbons (Fsp3) is 0.364. The maximum absolute atomic E-state index is 12.2. The van der Waals surface area contributed by atoms with Crippen molar-refractivity contribution >= 4 is 51.7 Å². The molecule has 0 aliphatic heterocycles. The number of rotatable bonds is 6. The summed E-state index contributed by atoms with van der Waals surface area (Å²) in [5.41, 5.74) is 3.90. The van der Waals surface area contributed by atoms with Gasteiger partial charge in [0.05, 0.1) is 16.3 Å². The van der Waals surface area contributed by atoms with Gasteiger partial charge in [0.25, 0.3) is 11.8 Å². The Hall–Kier alpha value is -2.89. The van der Waals surface area contributed by atoms with Gasteiger partial charge < -0.3 is 15.5 Å². The molecular weight excluding hydrogens is 436 g/mol. The number of carbonyl (C=O) groups excluding carboxylic acids is 2. The van der Waals surface area contributed by atoms with Crippen molar-refractivity contribution in [2.45, 2.75) is 40.0 Å². The monoisotopic (exact) mass is 458 g/mol. The highest BCUT2D eigenvalue weighted by Crippen LogP contribution is 2.39. The third kappa shape index (κ3) is 5.63. The number of fused-ring (bicyclic) bond motifs is 1. The molecule has 162 valence electrons. The van der Waals surface area contributed by atoms with Crippen molar-refractivity contribution in [1.29, 1.82) is 5.26 Å². The molecule has 1 aliphatic rings. The molecule has 0 saturated carbocycles. The van der Waals surface area contributed by atoms with Crippen molar-refractivity contribution < 1.29 is 14.4 Å². The van der Waals surface area contributed by atoms with Crippen LogP contribution in [0.25, 0.3) is 0 Å². The second-order valence-corrected chi connectivity index (χ2v) is 9.16. The van der Waals surface area contributed by atoms with E-state index in [0.717, 1.165) is 47.0 Å². The van der Waals surface area contributed by atoms with Crippen LogP contribution in [0.15, 0.2) is 17.3 Å². The molecule has 1 unspecified atom stereocenters. The standard InChI is InChI=1S/C22H23ClN4O3S/c1-12-4-5-15-16(9-24)22(31-18(15)8-12)27-20(29)11-30-25-10-19(28)26-21-14(3)6-13(2)7-17(21)23/h6-7,10,12H,4-5,8,11H2,1-3H3,(H,26,28)(H,27,29). The van der Waals surface area contributed by atoms with Crippen LogP contribution in [0.1, 0.15) is 40.5 Å². The van der Waals surface area contributed by atoms with Crippen LogP contribution < -0.4 is 10.6 Å². The maximum atomic E-state index is 12.2. The molecule has 1 aromatic heterocycles. The van der Waals surface area contributed by atoms with E-state index in [4.69, 9.17) is 16.4 Å². The molecule has 0 saturated heterocycles. The van der Waals surface area contributed by atoms with Gasteiger partial charge in [0.1, 0.15) is 17.3 Å². The first kappa shape index (κ1) is 22.8. The van der Waals surface area contributed by atoms with Gasteiger partial charge in [-0.2, -0.15) is 5.26 Å². The van der Waals surface area contributed by atoms with Crippen LogP contribution >= 0.6 is 22.9 Å². The minimum atomic E-state index is -0.527. The fourth-order valence-electron chi connectivity index (χ4n) is 3.53. The largest absolute Gasteiger partial charge is 0.385 e. The Morgan fingerprint density at radius 1 is 1.39 bits per heavy atom. The number of oxime groups is 1. The molecule has 1 aromatic carbocycles. The molecule has 9 heteroatoms. The highest BCUT2D eigenvalue weighted by atomic mass is 35.5. The predicted molar refractivity (Wildman–Crippen MR) is 123 cm³/mol. The van der Waals surface area contributed by atoms with Gasteiger partial charge in [-0.05, 0) is 61.8 Å². The van der Waals surface area contributed by atoms with Crippen LogP contribution in [0.5, 0.6) is 0 Å². The zero-order chi connectivity index (χ0) is 22.5. The highest BCUT2D eigenvalue weighted by Gasteiger charge is 2.24. The van der Waals surface area contributed by atoms with E-state index in [2.05, 4.69) is 28.8 Å². The molecule has 1 atom stereocenters. The van der Waals surface area contributed by atoms with Crippen molar-refractivity contribution in [1.82, 2.24) is 0 Å². The first-order valence-corrected chi connectivity index (χ1v) is 11.1. The number of anilines is 2. The van der Waals surface area contributed by atoms with Gasteiger partial charge in [0.15, 0.2) is 6.61 Å². The number of halogens is 1. The van der Waals surface area contributed by atoms with E-state index in [1.54, 1.807) is 6.07 Å². The zero-order valence-corrected chi connectivity index (χ0v) is 19.1. The molecule has 2 N–H and O–H groups in total. The number of carbonyl (C=O) groups is 2. The van der Waals surface area contributed by atoms with Gasteiger partial charge in [-0.25, -0.2) is 0 Å². The van der Waals surface area contributed by atoms with Gasteiger partial charge in [0.2, 0.25) is 0 Å². The van der Waals surface area contributed by atoms with E-state index < -0.39 is 11.8 Å². The lowest BCUT2D eigenvalue weighted by atomic mass is 9.89. The summed E-state index contributed by atoms with van der Waals surface area (Å²) in [6, 6.07) is 5.85. The Labute approximate surface area is 190 Å². The molecular formula is C22H23ClN4O3S. The van der Waals surface area contributed by atoms with Gasteiger partial charge >= 0.3 is 0 Å². The molecule has 0 spiro atoms. The third-order valence-corrected chi connectivity index (χ3v) is 6.46. The summed E-state index contributed by atoms with van der Waals surface area (Å²) in [6.07, 6.45) is 3.75. The van der Waals surface area contributed by atoms with Crippen LogP contribution in [-0.4, -0.2) is 24.6 Å². The van der Waals surface area contributed by atoms with Crippen LogP contribution in [0.4, 0.5) is 10.7 Å². The number of hydrogen-bond donors (Lipinski definition) is 2. The number of benzene rings is 1. The van der Waals surface area contributed by atoms with Crippen LogP contribution in [-0.2, 0) is 27.3 Å². The average molecular weight is 459 g/mol. The number of aryl methyl sites for hydroxylation is 2. The summed E-state index contributed by atoms with van der Waals surface area (Å²) in [5.74, 6) is -0.400. The summed E-state index contributed by atoms with van der Waals surface area (Å²) in [6.45, 7) is 5.56. The number of nitrogens with one attached hydrogen (secondary N) is 2. The van der Waals surface area contributed by atoms with Gasteiger partial charge in [-0.3, -0.25) is 9.59 Å². The molecule has 3 rings (SSSR count). The molecule has 2 amide bonds. The molecule has 0 fully saturated rings. The third-order valence-electron chi connectivity index (χ3n) is 5.00. The second-order valence-electron chi connectivity index (χ2n) is 7.65. The molecule has 0 bridgehead atoms. The minimum Gasteiger partial charge on any atom is -0.385 e. The summed E-state index contributed by atoms with van der Waals surface area (Å²) >= 11 is 7.61. The number of thiophene rings is 1. The second kappa shape index (κ2) is 9.94. The van der Waals surface area contributed by atoms with Crippen LogP contribution in [0.3, 0.4) is 0 Å². The average Bonchev–Trinajstić information content (AvgIpc) is 3.03. The van der Waals surface area contributed by atoms with Crippen LogP contribution in [0.2, 0.25) is 5.02 Å². The van der Waals surface area contributed by atoms with E-state index >= 15 is 0 Å². The van der Waals surface area contributed by atoms with Crippen molar-refractivity contribution in [2.75, 3.05) is 17.2 Å². The quantitative estimate of drug-likeness (QED) is 0.487. The first-order valence-electron chi connectivity index (χ1n) is 9.86. The lowest BCUT2D eigenvalue weighted by Crippen LogP contribution is -2.18. The molecule has 7 nitrogen and oxygen atoms in total. The number of nitriles is 1. The Morgan fingerprint density at radius 3 is 2.87 bits per heavy atom.